The van der Waals surface area contributed by atoms with Crippen LogP contribution in [0.15, 0.2) is 48.5 Å². The molecule has 2 aromatic carbocycles. The minimum absolute atomic E-state index is 0.0381. The number of carbonyl (C=O) groups is 1. The zero-order valence-electron chi connectivity index (χ0n) is 18.6. The van der Waals surface area contributed by atoms with Crippen molar-refractivity contribution < 1.29 is 9.18 Å². The number of para-hydroxylation sites is 1. The molecule has 0 unspecified atom stereocenters. The molecule has 32 heavy (non-hydrogen) atoms. The van der Waals surface area contributed by atoms with Gasteiger partial charge in [0.25, 0.3) is 0 Å². The van der Waals surface area contributed by atoms with Crippen LogP contribution in [0.2, 0.25) is 0 Å². The molecule has 6 nitrogen and oxygen atoms in total. The van der Waals surface area contributed by atoms with E-state index in [1.54, 1.807) is 12.1 Å². The number of nitrogens with zero attached hydrogens (tertiary/aromatic N) is 3. The lowest BCUT2D eigenvalue weighted by atomic mass is 9.85. The van der Waals surface area contributed by atoms with Crippen molar-refractivity contribution in [2.24, 2.45) is 5.92 Å². The van der Waals surface area contributed by atoms with E-state index in [1.807, 2.05) is 43.3 Å². The predicted molar refractivity (Wildman–Crippen MR) is 126 cm³/mol. The number of rotatable bonds is 7. The van der Waals surface area contributed by atoms with E-state index >= 15 is 0 Å². The van der Waals surface area contributed by atoms with Crippen molar-refractivity contribution in [1.82, 2.24) is 15.3 Å². The van der Waals surface area contributed by atoms with Crippen LogP contribution in [0.1, 0.15) is 31.2 Å². The lowest BCUT2D eigenvalue weighted by Gasteiger charge is -2.28. The Morgan fingerprint density at radius 2 is 1.75 bits per heavy atom. The monoisotopic (exact) mass is 435 g/mol. The smallest absolute Gasteiger partial charge is 0.225 e. The second-order valence-electron chi connectivity index (χ2n) is 8.64. The Bertz CT molecular complexity index is 1060. The maximum absolute atomic E-state index is 13.0. The maximum Gasteiger partial charge on any atom is 0.225 e. The molecule has 1 aliphatic carbocycles. The van der Waals surface area contributed by atoms with Crippen molar-refractivity contribution in [1.29, 1.82) is 0 Å². The molecule has 1 aromatic heterocycles. The van der Waals surface area contributed by atoms with Crippen LogP contribution in [-0.4, -0.2) is 42.6 Å². The van der Waals surface area contributed by atoms with Gasteiger partial charge in [0.15, 0.2) is 0 Å². The Balaban J connectivity index is 1.28. The lowest BCUT2D eigenvalue weighted by molar-refractivity contribution is -0.125. The maximum atomic E-state index is 13.0. The number of anilines is 2. The van der Waals surface area contributed by atoms with Crippen LogP contribution in [0.4, 0.5) is 16.2 Å². The third kappa shape index (κ3) is 5.33. The minimum atomic E-state index is -0.241. The van der Waals surface area contributed by atoms with Gasteiger partial charge in [-0.25, -0.2) is 9.37 Å². The molecule has 1 heterocycles. The second-order valence-corrected chi connectivity index (χ2v) is 8.64. The number of benzene rings is 2. The first-order valence-electron chi connectivity index (χ1n) is 11.2. The number of hydrogen-bond acceptors (Lipinski definition) is 5. The first-order chi connectivity index (χ1) is 15.5. The SMILES string of the molecule is CN(C)c1nc(N[C@H]2CC[C@@H](C(=O)NCCc3ccc(F)cc3)CC2)nc2ccccc12. The van der Waals surface area contributed by atoms with Crippen LogP contribution in [0.3, 0.4) is 0 Å². The van der Waals surface area contributed by atoms with Crippen molar-refractivity contribution >= 4 is 28.6 Å². The van der Waals surface area contributed by atoms with Gasteiger partial charge >= 0.3 is 0 Å². The standard InChI is InChI=1S/C25H30FN5O/c1-31(2)23-21-5-3-4-6-22(21)29-25(30-23)28-20-13-9-18(10-14-20)24(32)27-16-15-17-7-11-19(26)12-8-17/h3-8,11-12,18,20H,9-10,13-16H2,1-2H3,(H,27,32)(H,28,29,30)/t18-,20+. The molecule has 168 valence electrons. The average Bonchev–Trinajstić information content (AvgIpc) is 2.80. The summed E-state index contributed by atoms with van der Waals surface area (Å²) in [4.78, 5) is 24.0. The summed E-state index contributed by atoms with van der Waals surface area (Å²) in [5.41, 5.74) is 1.94. The number of halogens is 1. The highest BCUT2D eigenvalue weighted by atomic mass is 19.1. The van der Waals surface area contributed by atoms with Crippen LogP contribution >= 0.6 is 0 Å². The van der Waals surface area contributed by atoms with Gasteiger partial charge in [0, 0.05) is 38.0 Å². The molecule has 1 aliphatic rings. The minimum Gasteiger partial charge on any atom is -0.362 e. The van der Waals surface area contributed by atoms with Crippen LogP contribution in [-0.2, 0) is 11.2 Å². The number of nitrogens with one attached hydrogen (secondary N) is 2. The topological polar surface area (TPSA) is 70.2 Å². The Hall–Kier alpha value is -3.22. The van der Waals surface area contributed by atoms with E-state index in [0.717, 1.165) is 48.0 Å². The number of aromatic nitrogens is 2. The number of carbonyl (C=O) groups excluding carboxylic acids is 1. The summed E-state index contributed by atoms with van der Waals surface area (Å²) >= 11 is 0. The van der Waals surface area contributed by atoms with E-state index in [4.69, 9.17) is 4.98 Å². The quantitative estimate of drug-likeness (QED) is 0.583. The summed E-state index contributed by atoms with van der Waals surface area (Å²) in [5, 5.41) is 7.55. The fraction of sp³-hybridized carbons (Fsp3) is 0.400. The van der Waals surface area contributed by atoms with Gasteiger partial charge in [-0.05, 0) is 61.9 Å². The molecular formula is C25H30FN5O. The first-order valence-corrected chi connectivity index (χ1v) is 11.2. The highest BCUT2D eigenvalue weighted by Crippen LogP contribution is 2.28. The van der Waals surface area contributed by atoms with Gasteiger partial charge in [-0.3, -0.25) is 4.79 Å². The molecule has 1 amide bonds. The van der Waals surface area contributed by atoms with Crippen molar-refractivity contribution in [3.63, 3.8) is 0 Å². The molecule has 0 radical (unpaired) electrons. The van der Waals surface area contributed by atoms with Crippen molar-refractivity contribution in [2.45, 2.75) is 38.1 Å². The first kappa shape index (κ1) is 22.0. The van der Waals surface area contributed by atoms with Crippen LogP contribution in [0.25, 0.3) is 10.9 Å². The zero-order chi connectivity index (χ0) is 22.5. The van der Waals surface area contributed by atoms with Gasteiger partial charge < -0.3 is 15.5 Å². The van der Waals surface area contributed by atoms with Crippen LogP contribution < -0.4 is 15.5 Å². The number of amides is 1. The summed E-state index contributed by atoms with van der Waals surface area (Å²) in [5.74, 6) is 1.45. The molecule has 0 atom stereocenters. The van der Waals surface area contributed by atoms with E-state index in [1.165, 1.54) is 12.1 Å². The van der Waals surface area contributed by atoms with E-state index in [2.05, 4.69) is 15.6 Å². The van der Waals surface area contributed by atoms with E-state index in [-0.39, 0.29) is 23.7 Å². The van der Waals surface area contributed by atoms with Crippen molar-refractivity contribution in [2.75, 3.05) is 30.9 Å². The highest BCUT2D eigenvalue weighted by Gasteiger charge is 2.26. The molecule has 0 saturated heterocycles. The summed E-state index contributed by atoms with van der Waals surface area (Å²) < 4.78 is 13.0. The molecule has 0 spiro atoms. The molecule has 3 aromatic rings. The third-order valence-corrected chi connectivity index (χ3v) is 6.06. The Morgan fingerprint density at radius 1 is 1.03 bits per heavy atom. The van der Waals surface area contributed by atoms with Gasteiger partial charge in [0.05, 0.1) is 5.52 Å². The van der Waals surface area contributed by atoms with Crippen LogP contribution in [0, 0.1) is 11.7 Å². The molecule has 1 saturated carbocycles. The summed E-state index contributed by atoms with van der Waals surface area (Å²) in [7, 11) is 3.97. The molecule has 0 aliphatic heterocycles. The third-order valence-electron chi connectivity index (χ3n) is 6.06. The van der Waals surface area contributed by atoms with Crippen molar-refractivity contribution in [3.05, 3.63) is 59.9 Å². The molecule has 4 rings (SSSR count). The zero-order valence-corrected chi connectivity index (χ0v) is 18.6. The fourth-order valence-electron chi connectivity index (χ4n) is 4.27. The molecule has 7 heteroatoms. The Kier molecular flexibility index (Phi) is 6.83. The lowest BCUT2D eigenvalue weighted by Crippen LogP contribution is -2.37. The van der Waals surface area contributed by atoms with Gasteiger partial charge in [0.2, 0.25) is 11.9 Å². The molecule has 0 bridgehead atoms. The van der Waals surface area contributed by atoms with E-state index in [9.17, 15) is 9.18 Å². The Labute approximate surface area is 188 Å². The number of hydrogen-bond donors (Lipinski definition) is 2. The van der Waals surface area contributed by atoms with E-state index in [0.29, 0.717) is 18.9 Å². The van der Waals surface area contributed by atoms with Crippen molar-refractivity contribution in [3.8, 4) is 0 Å². The largest absolute Gasteiger partial charge is 0.362 e. The van der Waals surface area contributed by atoms with E-state index < -0.39 is 0 Å². The normalized spacial score (nSPS) is 18.3. The van der Waals surface area contributed by atoms with Gasteiger partial charge in [0.1, 0.15) is 11.6 Å². The van der Waals surface area contributed by atoms with Gasteiger partial charge in [-0.15, -0.1) is 0 Å². The molecule has 1 fully saturated rings. The van der Waals surface area contributed by atoms with Gasteiger partial charge in [-0.2, -0.15) is 4.98 Å². The second kappa shape index (κ2) is 9.94. The van der Waals surface area contributed by atoms with Crippen LogP contribution in [0.5, 0.6) is 0 Å². The summed E-state index contributed by atoms with van der Waals surface area (Å²) in [6, 6.07) is 14.7. The summed E-state index contributed by atoms with van der Waals surface area (Å²) in [6.45, 7) is 0.570. The Morgan fingerprint density at radius 3 is 2.47 bits per heavy atom. The number of fused-ring (bicyclic) bond motifs is 1. The fourth-order valence-corrected chi connectivity index (χ4v) is 4.27. The summed E-state index contributed by atoms with van der Waals surface area (Å²) in [6.07, 6.45) is 4.20. The van der Waals surface area contributed by atoms with Gasteiger partial charge in [-0.1, -0.05) is 24.3 Å². The molecule has 2 N–H and O–H groups in total. The highest BCUT2D eigenvalue weighted by molar-refractivity contribution is 5.90. The molecular weight excluding hydrogens is 405 g/mol. The predicted octanol–water partition coefficient (Wildman–Crippen LogP) is 4.16. The average molecular weight is 436 g/mol.